The van der Waals surface area contributed by atoms with Crippen molar-refractivity contribution in [3.05, 3.63) is 46.5 Å². The van der Waals surface area contributed by atoms with Gasteiger partial charge in [-0.15, -0.1) is 0 Å². The van der Waals surface area contributed by atoms with Gasteiger partial charge in [0.2, 0.25) is 0 Å². The van der Waals surface area contributed by atoms with Crippen molar-refractivity contribution in [2.24, 2.45) is 0 Å². The molecule has 0 aliphatic carbocycles. The van der Waals surface area contributed by atoms with Crippen LogP contribution in [0.3, 0.4) is 0 Å². The number of alkyl halides is 3. The molecule has 2 nitrogen and oxygen atoms in total. The van der Waals surface area contributed by atoms with E-state index in [2.05, 4.69) is 4.98 Å². The first-order valence-electron chi connectivity index (χ1n) is 6.10. The number of hydrogen-bond acceptors (Lipinski definition) is 1. The molecule has 0 atom stereocenters. The highest BCUT2D eigenvalue weighted by molar-refractivity contribution is 7.71. The van der Waals surface area contributed by atoms with Crippen LogP contribution >= 0.6 is 12.2 Å². The van der Waals surface area contributed by atoms with Gasteiger partial charge >= 0.3 is 6.18 Å². The molecular weight excluding hydrogens is 285 g/mol. The largest absolute Gasteiger partial charge is 0.418 e. The number of halogens is 3. The molecular formula is C14H15F3N2S. The summed E-state index contributed by atoms with van der Waals surface area (Å²) < 4.78 is 41.1. The minimum atomic E-state index is -4.42. The van der Waals surface area contributed by atoms with Crippen molar-refractivity contribution in [3.63, 3.8) is 0 Å². The zero-order valence-electron chi connectivity index (χ0n) is 11.4. The van der Waals surface area contributed by atoms with Crippen molar-refractivity contribution >= 4 is 12.2 Å². The fourth-order valence-electron chi connectivity index (χ4n) is 2.07. The van der Waals surface area contributed by atoms with Crippen LogP contribution in [-0.2, 0) is 11.6 Å². The Balaban J connectivity index is 2.77. The van der Waals surface area contributed by atoms with Gasteiger partial charge < -0.3 is 4.98 Å². The minimum Gasteiger partial charge on any atom is -0.337 e. The Morgan fingerprint density at radius 1 is 1.10 bits per heavy atom. The van der Waals surface area contributed by atoms with Crippen molar-refractivity contribution < 1.29 is 13.2 Å². The van der Waals surface area contributed by atoms with Gasteiger partial charge in [0, 0.05) is 17.3 Å². The molecule has 2 aromatic rings. The third-order valence-electron chi connectivity index (χ3n) is 3.00. The zero-order chi connectivity index (χ0) is 15.1. The molecule has 20 heavy (non-hydrogen) atoms. The van der Waals surface area contributed by atoms with Gasteiger partial charge in [0.15, 0.2) is 4.77 Å². The number of benzene rings is 1. The summed E-state index contributed by atoms with van der Waals surface area (Å²) in [5.74, 6) is 0. The highest BCUT2D eigenvalue weighted by Crippen LogP contribution is 2.35. The molecule has 0 fully saturated rings. The smallest absolute Gasteiger partial charge is 0.337 e. The van der Waals surface area contributed by atoms with E-state index < -0.39 is 11.7 Å². The molecule has 1 aromatic heterocycles. The lowest BCUT2D eigenvalue weighted by atomic mass is 9.92. The SMILES string of the molecule is CC(C)(C)c1c[nH]c(=S)n1-c1ccccc1C(F)(F)F. The second kappa shape index (κ2) is 4.77. The van der Waals surface area contributed by atoms with Crippen LogP contribution in [0.5, 0.6) is 0 Å². The van der Waals surface area contributed by atoms with Crippen LogP contribution in [0.1, 0.15) is 32.0 Å². The maximum atomic E-state index is 13.1. The van der Waals surface area contributed by atoms with Gasteiger partial charge in [-0.1, -0.05) is 32.9 Å². The number of para-hydroxylation sites is 1. The molecule has 1 heterocycles. The monoisotopic (exact) mass is 300 g/mol. The van der Waals surface area contributed by atoms with E-state index in [-0.39, 0.29) is 15.9 Å². The third-order valence-corrected chi connectivity index (χ3v) is 3.30. The molecule has 0 aliphatic rings. The average molecular weight is 300 g/mol. The van der Waals surface area contributed by atoms with E-state index in [0.717, 1.165) is 6.07 Å². The molecule has 0 saturated carbocycles. The summed E-state index contributed by atoms with van der Waals surface area (Å²) in [5.41, 5.74) is -0.261. The Kier molecular flexibility index (Phi) is 3.54. The number of hydrogen-bond donors (Lipinski definition) is 1. The maximum Gasteiger partial charge on any atom is 0.418 e. The molecule has 0 spiro atoms. The van der Waals surface area contributed by atoms with Gasteiger partial charge in [-0.05, 0) is 24.4 Å². The quantitative estimate of drug-likeness (QED) is 0.747. The molecule has 0 bridgehead atoms. The first kappa shape index (κ1) is 14.8. The predicted octanol–water partition coefficient (Wildman–Crippen LogP) is 4.85. The van der Waals surface area contributed by atoms with Crippen molar-refractivity contribution in [3.8, 4) is 5.69 Å². The second-order valence-electron chi connectivity index (χ2n) is 5.58. The Bertz CT molecular complexity index is 675. The van der Waals surface area contributed by atoms with Crippen LogP contribution in [0, 0.1) is 4.77 Å². The fourth-order valence-corrected chi connectivity index (χ4v) is 2.32. The first-order valence-corrected chi connectivity index (χ1v) is 6.50. The van der Waals surface area contributed by atoms with Crippen molar-refractivity contribution in [2.45, 2.75) is 32.4 Å². The normalized spacial score (nSPS) is 12.7. The Hall–Kier alpha value is -1.56. The highest BCUT2D eigenvalue weighted by Gasteiger charge is 2.34. The molecule has 1 aromatic carbocycles. The lowest BCUT2D eigenvalue weighted by Gasteiger charge is -2.22. The fraction of sp³-hybridized carbons (Fsp3) is 0.357. The Labute approximate surface area is 120 Å². The number of H-pyrrole nitrogens is 1. The van der Waals surface area contributed by atoms with Crippen LogP contribution in [0.25, 0.3) is 5.69 Å². The topological polar surface area (TPSA) is 20.7 Å². The second-order valence-corrected chi connectivity index (χ2v) is 5.97. The molecule has 0 radical (unpaired) electrons. The lowest BCUT2D eigenvalue weighted by Crippen LogP contribution is -2.19. The van der Waals surface area contributed by atoms with E-state index in [1.807, 2.05) is 20.8 Å². The number of aromatic amines is 1. The molecule has 108 valence electrons. The van der Waals surface area contributed by atoms with E-state index in [9.17, 15) is 13.2 Å². The number of rotatable bonds is 1. The molecule has 0 aliphatic heterocycles. The van der Waals surface area contributed by atoms with E-state index in [4.69, 9.17) is 12.2 Å². The summed E-state index contributed by atoms with van der Waals surface area (Å²) >= 11 is 5.15. The Morgan fingerprint density at radius 3 is 2.25 bits per heavy atom. The van der Waals surface area contributed by atoms with Gasteiger partial charge in [0.25, 0.3) is 0 Å². The van der Waals surface area contributed by atoms with Crippen molar-refractivity contribution in [1.82, 2.24) is 9.55 Å². The number of aromatic nitrogens is 2. The van der Waals surface area contributed by atoms with Crippen LogP contribution < -0.4 is 0 Å². The Morgan fingerprint density at radius 2 is 1.70 bits per heavy atom. The zero-order valence-corrected chi connectivity index (χ0v) is 12.2. The summed E-state index contributed by atoms with van der Waals surface area (Å²) in [6, 6.07) is 5.45. The number of nitrogens with one attached hydrogen (secondary N) is 1. The van der Waals surface area contributed by atoms with E-state index in [0.29, 0.717) is 5.69 Å². The van der Waals surface area contributed by atoms with Gasteiger partial charge in [-0.3, -0.25) is 4.57 Å². The first-order chi connectivity index (χ1) is 9.12. The molecule has 0 saturated heterocycles. The standard InChI is InChI=1S/C14H15F3N2S/c1-13(2,3)11-8-18-12(20)19(11)10-7-5-4-6-9(10)14(15,16)17/h4-8H,1-3H3,(H,18,20). The summed E-state index contributed by atoms with van der Waals surface area (Å²) in [7, 11) is 0. The van der Waals surface area contributed by atoms with E-state index in [1.165, 1.54) is 16.7 Å². The van der Waals surface area contributed by atoms with Crippen molar-refractivity contribution in [2.75, 3.05) is 0 Å². The highest BCUT2D eigenvalue weighted by atomic mass is 32.1. The number of imidazole rings is 1. The summed E-state index contributed by atoms with van der Waals surface area (Å²) in [4.78, 5) is 2.83. The lowest BCUT2D eigenvalue weighted by molar-refractivity contribution is -0.137. The molecule has 0 unspecified atom stereocenters. The van der Waals surface area contributed by atoms with Crippen LogP contribution in [-0.4, -0.2) is 9.55 Å². The molecule has 0 amide bonds. The molecule has 1 N–H and O–H groups in total. The summed E-state index contributed by atoms with van der Waals surface area (Å²) in [6.07, 6.45) is -2.76. The van der Waals surface area contributed by atoms with Crippen LogP contribution in [0.2, 0.25) is 0 Å². The number of nitrogens with zero attached hydrogens (tertiary/aromatic N) is 1. The van der Waals surface area contributed by atoms with Crippen LogP contribution in [0.15, 0.2) is 30.5 Å². The van der Waals surface area contributed by atoms with Gasteiger partial charge in [-0.2, -0.15) is 13.2 Å². The van der Waals surface area contributed by atoms with Gasteiger partial charge in [-0.25, -0.2) is 0 Å². The van der Waals surface area contributed by atoms with Crippen molar-refractivity contribution in [1.29, 1.82) is 0 Å². The summed E-state index contributed by atoms with van der Waals surface area (Å²) in [5, 5.41) is 0. The van der Waals surface area contributed by atoms with E-state index in [1.54, 1.807) is 12.3 Å². The maximum absolute atomic E-state index is 13.1. The molecule has 2 rings (SSSR count). The molecule has 6 heteroatoms. The van der Waals surface area contributed by atoms with Crippen LogP contribution in [0.4, 0.5) is 13.2 Å². The summed E-state index contributed by atoms with van der Waals surface area (Å²) in [6.45, 7) is 5.78. The third kappa shape index (κ3) is 2.65. The van der Waals surface area contributed by atoms with Gasteiger partial charge in [0.1, 0.15) is 0 Å². The van der Waals surface area contributed by atoms with Gasteiger partial charge in [0.05, 0.1) is 11.3 Å². The van der Waals surface area contributed by atoms with E-state index >= 15 is 0 Å². The predicted molar refractivity (Wildman–Crippen MR) is 74.7 cm³/mol. The minimum absolute atomic E-state index is 0.0520. The average Bonchev–Trinajstić information content (AvgIpc) is 2.69.